The number of hydrogen-bond donors (Lipinski definition) is 2. The maximum Gasteiger partial charge on any atom is 0.239 e. The second-order valence-corrected chi connectivity index (χ2v) is 10.4. The molecular weight excluding hydrogens is 460 g/mol. The summed E-state index contributed by atoms with van der Waals surface area (Å²) in [4.78, 5) is 24.3. The number of methoxy groups -OCH3 is 1. The van der Waals surface area contributed by atoms with Crippen LogP contribution >= 0.6 is 0 Å². The van der Waals surface area contributed by atoms with E-state index < -0.39 is 20.5 Å². The molecule has 1 heterocycles. The molecule has 1 fully saturated rings. The molecular formula is C24H30N2O7S. The fourth-order valence-electron chi connectivity index (χ4n) is 3.83. The van der Waals surface area contributed by atoms with Gasteiger partial charge in [-0.15, -0.1) is 0 Å². The van der Waals surface area contributed by atoms with Crippen LogP contribution in [0.1, 0.15) is 31.2 Å². The Morgan fingerprint density at radius 3 is 2.32 bits per heavy atom. The molecule has 34 heavy (non-hydrogen) atoms. The van der Waals surface area contributed by atoms with E-state index in [1.165, 1.54) is 24.3 Å². The van der Waals surface area contributed by atoms with Crippen molar-refractivity contribution in [3.05, 3.63) is 48.0 Å². The Kier molecular flexibility index (Phi) is 8.16. The normalized spacial score (nSPS) is 15.4. The van der Waals surface area contributed by atoms with Gasteiger partial charge >= 0.3 is 0 Å². The van der Waals surface area contributed by atoms with E-state index in [9.17, 15) is 18.0 Å². The average molecular weight is 491 g/mol. The van der Waals surface area contributed by atoms with Crippen LogP contribution in [0.4, 0.5) is 5.69 Å². The van der Waals surface area contributed by atoms with E-state index in [2.05, 4.69) is 5.32 Å². The summed E-state index contributed by atoms with van der Waals surface area (Å²) in [6, 6.07) is 11.3. The third-order valence-corrected chi connectivity index (χ3v) is 8.45. The quantitative estimate of drug-likeness (QED) is 0.489. The molecule has 2 amide bonds. The Morgan fingerprint density at radius 2 is 1.74 bits per heavy atom. The maximum absolute atomic E-state index is 13.2. The van der Waals surface area contributed by atoms with Crippen LogP contribution in [0.5, 0.6) is 11.5 Å². The van der Waals surface area contributed by atoms with Crippen molar-refractivity contribution in [2.45, 2.75) is 42.2 Å². The zero-order valence-corrected chi connectivity index (χ0v) is 20.2. The van der Waals surface area contributed by atoms with Crippen molar-refractivity contribution in [1.82, 2.24) is 0 Å². The van der Waals surface area contributed by atoms with Gasteiger partial charge in [-0.25, -0.2) is 8.42 Å². The Bertz CT molecular complexity index is 1120. The first-order chi connectivity index (χ1) is 16.2. The van der Waals surface area contributed by atoms with Crippen molar-refractivity contribution in [3.8, 4) is 11.5 Å². The van der Waals surface area contributed by atoms with Gasteiger partial charge in [-0.2, -0.15) is 0 Å². The minimum absolute atomic E-state index is 0.00906. The van der Waals surface area contributed by atoms with Crippen molar-refractivity contribution < 1.29 is 32.2 Å². The van der Waals surface area contributed by atoms with E-state index in [4.69, 9.17) is 19.9 Å². The molecule has 3 rings (SSSR count). The molecule has 10 heteroatoms. The van der Waals surface area contributed by atoms with Crippen molar-refractivity contribution in [3.63, 3.8) is 0 Å². The highest BCUT2D eigenvalue weighted by Gasteiger charge is 2.51. The summed E-state index contributed by atoms with van der Waals surface area (Å²) >= 11 is 0. The van der Waals surface area contributed by atoms with Crippen LogP contribution in [0, 0.1) is 6.92 Å². The van der Waals surface area contributed by atoms with Crippen LogP contribution in [-0.4, -0.2) is 51.9 Å². The standard InChI is InChI=1S/C24H30N2O7S/c1-17-16-19(31-2)7-10-21(17)26-22(27)4-3-13-33-18-5-8-20(9-6-18)34(29,30)24(23(25)28)11-14-32-15-12-24/h5-10,16H,3-4,11-15H2,1-2H3,(H2,25,28)(H,26,27). The molecule has 2 aromatic rings. The number of aryl methyl sites for hydroxylation is 1. The summed E-state index contributed by atoms with van der Waals surface area (Å²) in [6.07, 6.45) is 0.801. The number of benzene rings is 2. The number of sulfone groups is 1. The average Bonchev–Trinajstić information content (AvgIpc) is 2.83. The van der Waals surface area contributed by atoms with Gasteiger partial charge in [0, 0.05) is 25.3 Å². The summed E-state index contributed by atoms with van der Waals surface area (Å²) in [6.45, 7) is 2.49. The van der Waals surface area contributed by atoms with E-state index in [-0.39, 0.29) is 49.9 Å². The third-order valence-electron chi connectivity index (χ3n) is 5.92. The van der Waals surface area contributed by atoms with Gasteiger partial charge < -0.3 is 25.3 Å². The number of hydrogen-bond acceptors (Lipinski definition) is 7. The molecule has 1 aliphatic heterocycles. The summed E-state index contributed by atoms with van der Waals surface area (Å²) in [5.41, 5.74) is 7.12. The molecule has 3 N–H and O–H groups in total. The minimum atomic E-state index is -3.98. The van der Waals surface area contributed by atoms with E-state index in [1.54, 1.807) is 19.2 Å². The maximum atomic E-state index is 13.2. The molecule has 0 unspecified atom stereocenters. The number of amides is 2. The number of ether oxygens (including phenoxy) is 3. The van der Waals surface area contributed by atoms with Crippen LogP contribution in [-0.2, 0) is 24.2 Å². The Balaban J connectivity index is 1.52. The van der Waals surface area contributed by atoms with Gasteiger partial charge in [0.1, 0.15) is 11.5 Å². The monoisotopic (exact) mass is 490 g/mol. The van der Waals surface area contributed by atoms with Gasteiger partial charge in [0.2, 0.25) is 11.8 Å². The predicted molar refractivity (Wildman–Crippen MR) is 127 cm³/mol. The number of nitrogens with one attached hydrogen (secondary N) is 1. The first-order valence-corrected chi connectivity index (χ1v) is 12.5. The highest BCUT2D eigenvalue weighted by atomic mass is 32.2. The highest BCUT2D eigenvalue weighted by Crippen LogP contribution is 2.35. The van der Waals surface area contributed by atoms with Crippen molar-refractivity contribution in [2.75, 3.05) is 32.2 Å². The predicted octanol–water partition coefficient (Wildman–Crippen LogP) is 2.61. The SMILES string of the molecule is COc1ccc(NC(=O)CCCOc2ccc(S(=O)(=O)C3(C(N)=O)CCOCC3)cc2)c(C)c1. The van der Waals surface area contributed by atoms with E-state index in [0.717, 1.165) is 17.0 Å². The number of anilines is 1. The summed E-state index contributed by atoms with van der Waals surface area (Å²) < 4.78 is 40.7. The molecule has 0 saturated carbocycles. The van der Waals surface area contributed by atoms with E-state index >= 15 is 0 Å². The van der Waals surface area contributed by atoms with Crippen LogP contribution in [0.15, 0.2) is 47.4 Å². The van der Waals surface area contributed by atoms with Crippen molar-refractivity contribution in [2.24, 2.45) is 5.73 Å². The lowest BCUT2D eigenvalue weighted by molar-refractivity contribution is -0.123. The number of carbonyl (C=O) groups is 2. The molecule has 184 valence electrons. The summed E-state index contributed by atoms with van der Waals surface area (Å²) in [5, 5.41) is 2.86. The van der Waals surface area contributed by atoms with Crippen LogP contribution < -0.4 is 20.5 Å². The second-order valence-electron chi connectivity index (χ2n) is 8.13. The topological polar surface area (TPSA) is 134 Å². The molecule has 9 nitrogen and oxygen atoms in total. The first kappa shape index (κ1) is 25.5. The van der Waals surface area contributed by atoms with Crippen molar-refractivity contribution in [1.29, 1.82) is 0 Å². The molecule has 0 atom stereocenters. The molecule has 0 bridgehead atoms. The van der Waals surface area contributed by atoms with Crippen LogP contribution in [0.3, 0.4) is 0 Å². The van der Waals surface area contributed by atoms with Gasteiger partial charge in [0.15, 0.2) is 14.6 Å². The number of carbonyl (C=O) groups excluding carboxylic acids is 2. The zero-order chi connectivity index (χ0) is 24.8. The van der Waals surface area contributed by atoms with Crippen LogP contribution in [0.2, 0.25) is 0 Å². The molecule has 1 aliphatic rings. The fraction of sp³-hybridized carbons (Fsp3) is 0.417. The van der Waals surface area contributed by atoms with Gasteiger partial charge in [-0.05, 0) is 74.2 Å². The highest BCUT2D eigenvalue weighted by molar-refractivity contribution is 7.93. The lowest BCUT2D eigenvalue weighted by Crippen LogP contribution is -2.53. The van der Waals surface area contributed by atoms with Crippen LogP contribution in [0.25, 0.3) is 0 Å². The zero-order valence-electron chi connectivity index (χ0n) is 19.3. The summed E-state index contributed by atoms with van der Waals surface area (Å²) in [7, 11) is -2.40. The second kappa shape index (κ2) is 10.9. The summed E-state index contributed by atoms with van der Waals surface area (Å²) in [5.74, 6) is 0.191. The van der Waals surface area contributed by atoms with Crippen molar-refractivity contribution >= 4 is 27.3 Å². The minimum Gasteiger partial charge on any atom is -0.497 e. The number of primary amides is 1. The lowest BCUT2D eigenvalue weighted by Gasteiger charge is -2.33. The molecule has 2 aromatic carbocycles. The van der Waals surface area contributed by atoms with Gasteiger partial charge in [-0.1, -0.05) is 0 Å². The molecule has 0 aromatic heterocycles. The fourth-order valence-corrected chi connectivity index (χ4v) is 5.74. The van der Waals surface area contributed by atoms with E-state index in [1.807, 2.05) is 13.0 Å². The Labute approximate surface area is 199 Å². The number of rotatable bonds is 10. The lowest BCUT2D eigenvalue weighted by atomic mass is 9.98. The molecule has 0 aliphatic carbocycles. The van der Waals surface area contributed by atoms with Gasteiger partial charge in [0.25, 0.3) is 0 Å². The Hall–Kier alpha value is -3.11. The van der Waals surface area contributed by atoms with Gasteiger partial charge in [0.05, 0.1) is 18.6 Å². The Morgan fingerprint density at radius 1 is 1.09 bits per heavy atom. The van der Waals surface area contributed by atoms with E-state index in [0.29, 0.717) is 12.2 Å². The largest absolute Gasteiger partial charge is 0.497 e. The third kappa shape index (κ3) is 5.51. The molecule has 0 radical (unpaired) electrons. The molecule has 1 saturated heterocycles. The van der Waals surface area contributed by atoms with Gasteiger partial charge in [-0.3, -0.25) is 9.59 Å². The molecule has 0 spiro atoms. The smallest absolute Gasteiger partial charge is 0.239 e. The number of nitrogens with two attached hydrogens (primary N) is 1. The first-order valence-electron chi connectivity index (χ1n) is 11.0.